The zero-order valence-corrected chi connectivity index (χ0v) is 8.69. The van der Waals surface area contributed by atoms with Crippen LogP contribution in [0, 0.1) is 0 Å². The number of carbonyl (C=O) groups excluding carboxylic acids is 1. The van der Waals surface area contributed by atoms with E-state index in [1.165, 1.54) is 0 Å². The maximum atomic E-state index is 10.7. The van der Waals surface area contributed by atoms with Crippen LogP contribution in [0.5, 0.6) is 5.75 Å². The molecule has 14 heavy (non-hydrogen) atoms. The smallest absolute Gasteiger partial charge is 0.127 e. The van der Waals surface area contributed by atoms with E-state index >= 15 is 0 Å². The van der Waals surface area contributed by atoms with Crippen LogP contribution in [-0.4, -0.2) is 12.9 Å². The normalized spacial score (nSPS) is 12.1. The molecule has 1 atom stereocenters. The summed E-state index contributed by atoms with van der Waals surface area (Å²) in [6.07, 6.45) is 1.91. The van der Waals surface area contributed by atoms with E-state index in [0.29, 0.717) is 6.61 Å². The Labute approximate surface area is 84.9 Å². The number of benzene rings is 1. The Bertz CT molecular complexity index is 294. The Balaban J connectivity index is 2.85. The highest BCUT2D eigenvalue weighted by atomic mass is 16.5. The average molecular weight is 192 g/mol. The van der Waals surface area contributed by atoms with Crippen LogP contribution in [0.2, 0.25) is 0 Å². The molecule has 2 heteroatoms. The van der Waals surface area contributed by atoms with Crippen LogP contribution >= 0.6 is 0 Å². The molecule has 0 aromatic heterocycles. The molecule has 0 bridgehead atoms. The van der Waals surface area contributed by atoms with Crippen molar-refractivity contribution >= 4 is 6.29 Å². The van der Waals surface area contributed by atoms with Gasteiger partial charge >= 0.3 is 0 Å². The molecule has 1 unspecified atom stereocenters. The minimum Gasteiger partial charge on any atom is -0.493 e. The lowest BCUT2D eigenvalue weighted by Crippen LogP contribution is -2.02. The van der Waals surface area contributed by atoms with E-state index in [2.05, 4.69) is 6.92 Å². The molecule has 1 rings (SSSR count). The number of hydrogen-bond acceptors (Lipinski definition) is 2. The summed E-state index contributed by atoms with van der Waals surface area (Å²) < 4.78 is 5.55. The predicted octanol–water partition coefficient (Wildman–Crippen LogP) is 2.78. The number of carbonyl (C=O) groups is 1. The molecule has 1 aromatic rings. The Morgan fingerprint density at radius 1 is 1.43 bits per heavy atom. The van der Waals surface area contributed by atoms with Gasteiger partial charge in [0.15, 0.2) is 0 Å². The van der Waals surface area contributed by atoms with Gasteiger partial charge in [0.1, 0.15) is 12.0 Å². The SMILES string of the molecule is CCCOc1ccccc1C(C)C=O. The van der Waals surface area contributed by atoms with Crippen molar-refractivity contribution in [2.24, 2.45) is 0 Å². The van der Waals surface area contributed by atoms with E-state index in [4.69, 9.17) is 4.74 Å². The molecule has 0 saturated carbocycles. The molecule has 2 nitrogen and oxygen atoms in total. The standard InChI is InChI=1S/C12H16O2/c1-3-8-14-12-7-5-4-6-11(12)10(2)9-13/h4-7,9-10H,3,8H2,1-2H3. The highest BCUT2D eigenvalue weighted by Gasteiger charge is 2.09. The van der Waals surface area contributed by atoms with E-state index in [0.717, 1.165) is 24.0 Å². The zero-order chi connectivity index (χ0) is 10.4. The Hall–Kier alpha value is -1.31. The summed E-state index contributed by atoms with van der Waals surface area (Å²) in [5.41, 5.74) is 0.968. The van der Waals surface area contributed by atoms with Crippen molar-refractivity contribution in [3.8, 4) is 5.75 Å². The third-order valence-electron chi connectivity index (χ3n) is 2.08. The second-order valence-corrected chi connectivity index (χ2v) is 3.31. The fraction of sp³-hybridized carbons (Fsp3) is 0.417. The molecule has 0 aliphatic rings. The lowest BCUT2D eigenvalue weighted by molar-refractivity contribution is -0.108. The second-order valence-electron chi connectivity index (χ2n) is 3.31. The maximum absolute atomic E-state index is 10.7. The van der Waals surface area contributed by atoms with Gasteiger partial charge in [-0.25, -0.2) is 0 Å². The topological polar surface area (TPSA) is 26.3 Å². The Kier molecular flexibility index (Phi) is 4.17. The largest absolute Gasteiger partial charge is 0.493 e. The van der Waals surface area contributed by atoms with Gasteiger partial charge in [-0.05, 0) is 12.5 Å². The minimum absolute atomic E-state index is 0.0944. The zero-order valence-electron chi connectivity index (χ0n) is 8.69. The van der Waals surface area contributed by atoms with Gasteiger partial charge in [-0.15, -0.1) is 0 Å². The lowest BCUT2D eigenvalue weighted by Gasteiger charge is -2.12. The lowest BCUT2D eigenvalue weighted by atomic mass is 10.0. The molecule has 0 amide bonds. The molecule has 0 radical (unpaired) electrons. The molecule has 0 saturated heterocycles. The van der Waals surface area contributed by atoms with Crippen LogP contribution < -0.4 is 4.74 Å². The summed E-state index contributed by atoms with van der Waals surface area (Å²) in [7, 11) is 0. The van der Waals surface area contributed by atoms with Crippen molar-refractivity contribution in [1.82, 2.24) is 0 Å². The summed E-state index contributed by atoms with van der Waals surface area (Å²) in [4.78, 5) is 10.7. The van der Waals surface area contributed by atoms with Crippen LogP contribution in [0.1, 0.15) is 31.7 Å². The van der Waals surface area contributed by atoms with Gasteiger partial charge in [-0.2, -0.15) is 0 Å². The predicted molar refractivity (Wildman–Crippen MR) is 56.7 cm³/mol. The van der Waals surface area contributed by atoms with Gasteiger partial charge in [-0.1, -0.05) is 32.0 Å². The van der Waals surface area contributed by atoms with Gasteiger partial charge in [0.25, 0.3) is 0 Å². The Morgan fingerprint density at radius 3 is 2.79 bits per heavy atom. The van der Waals surface area contributed by atoms with Crippen LogP contribution in [0.4, 0.5) is 0 Å². The number of hydrogen-bond donors (Lipinski definition) is 0. The summed E-state index contributed by atoms with van der Waals surface area (Å²) in [6, 6.07) is 7.69. The molecule has 1 aromatic carbocycles. The molecule has 76 valence electrons. The quantitative estimate of drug-likeness (QED) is 0.670. The van der Waals surface area contributed by atoms with Crippen molar-refractivity contribution in [2.45, 2.75) is 26.2 Å². The van der Waals surface area contributed by atoms with Gasteiger partial charge in [0, 0.05) is 11.5 Å². The third-order valence-corrected chi connectivity index (χ3v) is 2.08. The molecule has 0 aliphatic heterocycles. The molecule has 0 heterocycles. The highest BCUT2D eigenvalue weighted by molar-refractivity contribution is 5.63. The van der Waals surface area contributed by atoms with E-state index < -0.39 is 0 Å². The number of ether oxygens (including phenoxy) is 1. The first-order valence-corrected chi connectivity index (χ1v) is 4.96. The molecule has 0 fully saturated rings. The van der Waals surface area contributed by atoms with E-state index in [-0.39, 0.29) is 5.92 Å². The van der Waals surface area contributed by atoms with Crippen molar-refractivity contribution in [3.63, 3.8) is 0 Å². The maximum Gasteiger partial charge on any atom is 0.127 e. The van der Waals surface area contributed by atoms with Crippen LogP contribution in [0.25, 0.3) is 0 Å². The van der Waals surface area contributed by atoms with E-state index in [1.54, 1.807) is 0 Å². The summed E-state index contributed by atoms with van der Waals surface area (Å²) >= 11 is 0. The summed E-state index contributed by atoms with van der Waals surface area (Å²) in [5.74, 6) is 0.733. The van der Waals surface area contributed by atoms with Crippen molar-refractivity contribution in [2.75, 3.05) is 6.61 Å². The van der Waals surface area contributed by atoms with Crippen LogP contribution in [0.3, 0.4) is 0 Å². The number of rotatable bonds is 5. The average Bonchev–Trinajstić information content (AvgIpc) is 2.25. The van der Waals surface area contributed by atoms with Crippen LogP contribution in [0.15, 0.2) is 24.3 Å². The highest BCUT2D eigenvalue weighted by Crippen LogP contribution is 2.24. The number of para-hydroxylation sites is 1. The first-order chi connectivity index (χ1) is 6.79. The first kappa shape index (κ1) is 10.8. The first-order valence-electron chi connectivity index (χ1n) is 4.96. The fourth-order valence-corrected chi connectivity index (χ4v) is 1.27. The second kappa shape index (κ2) is 5.43. The molecule has 0 spiro atoms. The van der Waals surface area contributed by atoms with E-state index in [1.807, 2.05) is 31.2 Å². The van der Waals surface area contributed by atoms with Gasteiger partial charge < -0.3 is 9.53 Å². The number of aldehydes is 1. The molecule has 0 aliphatic carbocycles. The molecular formula is C12H16O2. The van der Waals surface area contributed by atoms with E-state index in [9.17, 15) is 4.79 Å². The monoisotopic (exact) mass is 192 g/mol. The van der Waals surface area contributed by atoms with Crippen molar-refractivity contribution in [3.05, 3.63) is 29.8 Å². The molecular weight excluding hydrogens is 176 g/mol. The fourth-order valence-electron chi connectivity index (χ4n) is 1.27. The molecule has 0 N–H and O–H groups in total. The summed E-state index contributed by atoms with van der Waals surface area (Å²) in [5, 5.41) is 0. The summed E-state index contributed by atoms with van der Waals surface area (Å²) in [6.45, 7) is 4.63. The third kappa shape index (κ3) is 2.59. The van der Waals surface area contributed by atoms with Crippen molar-refractivity contribution < 1.29 is 9.53 Å². The minimum atomic E-state index is -0.0944. The van der Waals surface area contributed by atoms with Gasteiger partial charge in [0.2, 0.25) is 0 Å². The van der Waals surface area contributed by atoms with Gasteiger partial charge in [-0.3, -0.25) is 0 Å². The van der Waals surface area contributed by atoms with Crippen molar-refractivity contribution in [1.29, 1.82) is 0 Å². The Morgan fingerprint density at radius 2 is 2.14 bits per heavy atom. The van der Waals surface area contributed by atoms with Gasteiger partial charge in [0.05, 0.1) is 6.61 Å². The van der Waals surface area contributed by atoms with Crippen LogP contribution in [-0.2, 0) is 4.79 Å².